The van der Waals surface area contributed by atoms with E-state index in [0.29, 0.717) is 5.02 Å². The van der Waals surface area contributed by atoms with Crippen LogP contribution in [0.3, 0.4) is 0 Å². The molecule has 4 atom stereocenters. The van der Waals surface area contributed by atoms with E-state index in [0.717, 1.165) is 45.5 Å². The van der Waals surface area contributed by atoms with Crippen LogP contribution in [0.15, 0.2) is 83.9 Å². The number of fused-ring (bicyclic) bond motifs is 2. The quantitative estimate of drug-likeness (QED) is 0.378. The number of likely N-dealkylation sites (N-methyl/N-ethyl adjacent to an activating group) is 1. The molecule has 5 rings (SSSR count). The SMILES string of the molecule is CC[C@@H](C1C=CC=C(Cl)C1)[C@@]1([C@@H](NC)c2cccc3ccccc23)C(=O)Nc2cc(Cl)ccc21. The van der Waals surface area contributed by atoms with E-state index in [1.165, 1.54) is 0 Å². The normalized spacial score (nSPS) is 23.4. The number of anilines is 1. The highest BCUT2D eigenvalue weighted by Crippen LogP contribution is 2.56. The lowest BCUT2D eigenvalue weighted by atomic mass is 9.58. The number of hydrogen-bond donors (Lipinski definition) is 2. The van der Waals surface area contributed by atoms with Crippen LogP contribution in [0.2, 0.25) is 5.02 Å². The summed E-state index contributed by atoms with van der Waals surface area (Å²) >= 11 is 12.9. The first-order chi connectivity index (χ1) is 16.5. The van der Waals surface area contributed by atoms with Crippen molar-refractivity contribution in [3.8, 4) is 0 Å². The van der Waals surface area contributed by atoms with Gasteiger partial charge in [-0.15, -0.1) is 0 Å². The molecule has 1 aliphatic carbocycles. The Morgan fingerprint density at radius 1 is 1.12 bits per heavy atom. The second-order valence-electron chi connectivity index (χ2n) is 9.18. The molecule has 1 unspecified atom stereocenters. The summed E-state index contributed by atoms with van der Waals surface area (Å²) < 4.78 is 0. The number of nitrogens with one attached hydrogen (secondary N) is 2. The van der Waals surface area contributed by atoms with Crippen LogP contribution in [0.5, 0.6) is 0 Å². The summed E-state index contributed by atoms with van der Waals surface area (Å²) in [5.74, 6) is 0.133. The van der Waals surface area contributed by atoms with Gasteiger partial charge >= 0.3 is 0 Å². The average Bonchev–Trinajstić information content (AvgIpc) is 3.11. The van der Waals surface area contributed by atoms with E-state index in [-0.39, 0.29) is 23.8 Å². The molecule has 174 valence electrons. The largest absolute Gasteiger partial charge is 0.325 e. The standard InChI is InChI=1S/C29H28Cl2N2O/c1-3-24(19-10-6-11-20(30)16-19)29(25-15-14-21(31)17-26(25)33-28(29)34)27(32-2)23-13-7-9-18-8-4-5-12-22(18)23/h4-15,17,19,24,27,32H,3,16H2,1-2H3,(H,33,34)/t19?,24-,27-,29+/m0/s1. The van der Waals surface area contributed by atoms with Crippen LogP contribution in [0.4, 0.5) is 5.69 Å². The zero-order chi connectivity index (χ0) is 23.9. The summed E-state index contributed by atoms with van der Waals surface area (Å²) in [7, 11) is 1.95. The number of benzene rings is 3. The highest BCUT2D eigenvalue weighted by molar-refractivity contribution is 6.31. The summed E-state index contributed by atoms with van der Waals surface area (Å²) in [6.07, 6.45) is 7.71. The Labute approximate surface area is 210 Å². The van der Waals surface area contributed by atoms with Gasteiger partial charge in [0.05, 0.1) is 11.5 Å². The molecule has 0 aromatic heterocycles. The van der Waals surface area contributed by atoms with Crippen LogP contribution in [-0.2, 0) is 10.2 Å². The Morgan fingerprint density at radius 3 is 2.68 bits per heavy atom. The summed E-state index contributed by atoms with van der Waals surface area (Å²) in [6, 6.07) is 20.2. The molecular weight excluding hydrogens is 463 g/mol. The van der Waals surface area contributed by atoms with E-state index >= 15 is 0 Å². The van der Waals surface area contributed by atoms with Crippen molar-refractivity contribution in [2.24, 2.45) is 11.8 Å². The van der Waals surface area contributed by atoms with Crippen molar-refractivity contribution in [3.05, 3.63) is 100 Å². The van der Waals surface area contributed by atoms with Gasteiger partial charge in [0, 0.05) is 15.7 Å². The van der Waals surface area contributed by atoms with E-state index in [4.69, 9.17) is 23.2 Å². The maximum atomic E-state index is 14.2. The Hall–Kier alpha value is -2.59. The van der Waals surface area contributed by atoms with E-state index < -0.39 is 5.41 Å². The number of allylic oxidation sites excluding steroid dienone is 4. The maximum absolute atomic E-state index is 14.2. The third kappa shape index (κ3) is 3.58. The van der Waals surface area contributed by atoms with Crippen molar-refractivity contribution < 1.29 is 4.79 Å². The molecule has 1 aliphatic heterocycles. The molecule has 3 aromatic carbocycles. The molecule has 5 heteroatoms. The van der Waals surface area contributed by atoms with Gasteiger partial charge in [-0.05, 0) is 65.4 Å². The molecule has 1 heterocycles. The van der Waals surface area contributed by atoms with E-state index in [1.54, 1.807) is 0 Å². The molecule has 0 saturated heterocycles. The van der Waals surface area contributed by atoms with Gasteiger partial charge in [-0.3, -0.25) is 4.79 Å². The Morgan fingerprint density at radius 2 is 1.91 bits per heavy atom. The van der Waals surface area contributed by atoms with Gasteiger partial charge in [-0.2, -0.15) is 0 Å². The second kappa shape index (κ2) is 9.22. The van der Waals surface area contributed by atoms with Crippen molar-refractivity contribution in [1.29, 1.82) is 0 Å². The van der Waals surface area contributed by atoms with E-state index in [9.17, 15) is 4.79 Å². The van der Waals surface area contributed by atoms with Crippen LogP contribution in [-0.4, -0.2) is 13.0 Å². The van der Waals surface area contributed by atoms with E-state index in [2.05, 4.69) is 60.0 Å². The first kappa shape index (κ1) is 23.2. The molecule has 34 heavy (non-hydrogen) atoms. The molecule has 1 amide bonds. The molecule has 3 nitrogen and oxygen atoms in total. The predicted octanol–water partition coefficient (Wildman–Crippen LogP) is 7.37. The first-order valence-corrected chi connectivity index (χ1v) is 12.6. The van der Waals surface area contributed by atoms with Crippen molar-refractivity contribution in [3.63, 3.8) is 0 Å². The smallest absolute Gasteiger partial charge is 0.237 e. The maximum Gasteiger partial charge on any atom is 0.237 e. The lowest BCUT2D eigenvalue weighted by Crippen LogP contribution is -2.53. The van der Waals surface area contributed by atoms with Crippen molar-refractivity contribution in [1.82, 2.24) is 5.32 Å². The fourth-order valence-electron chi connectivity index (χ4n) is 6.23. The molecule has 0 bridgehead atoms. The molecule has 2 N–H and O–H groups in total. The number of halogens is 2. The van der Waals surface area contributed by atoms with Crippen LogP contribution in [0, 0.1) is 11.8 Å². The summed E-state index contributed by atoms with van der Waals surface area (Å²) in [5.41, 5.74) is 2.04. The minimum Gasteiger partial charge on any atom is -0.325 e. The van der Waals surface area contributed by atoms with Crippen LogP contribution < -0.4 is 10.6 Å². The van der Waals surface area contributed by atoms with E-state index in [1.807, 2.05) is 43.5 Å². The lowest BCUT2D eigenvalue weighted by Gasteiger charge is -2.45. The molecule has 0 spiro atoms. The summed E-state index contributed by atoms with van der Waals surface area (Å²) in [6.45, 7) is 2.17. The zero-order valence-corrected chi connectivity index (χ0v) is 20.8. The van der Waals surface area contributed by atoms with Crippen molar-refractivity contribution in [2.75, 3.05) is 12.4 Å². The minimum absolute atomic E-state index is 0.00276. The Kier molecular flexibility index (Phi) is 6.28. The fourth-order valence-corrected chi connectivity index (χ4v) is 6.65. The highest BCUT2D eigenvalue weighted by Gasteiger charge is 2.58. The minimum atomic E-state index is -0.850. The Balaban J connectivity index is 1.79. The summed E-state index contributed by atoms with van der Waals surface area (Å²) in [5, 5.41) is 10.5. The molecule has 0 radical (unpaired) electrons. The number of rotatable bonds is 6. The van der Waals surface area contributed by atoms with Gasteiger partial charge in [-0.1, -0.05) is 97.2 Å². The molecule has 3 aromatic rings. The summed E-state index contributed by atoms with van der Waals surface area (Å²) in [4.78, 5) is 14.2. The second-order valence-corrected chi connectivity index (χ2v) is 10.1. The van der Waals surface area contributed by atoms with Crippen molar-refractivity contribution in [2.45, 2.75) is 31.2 Å². The van der Waals surface area contributed by atoms with Crippen LogP contribution in [0.1, 0.15) is 36.9 Å². The number of carbonyl (C=O) groups is 1. The third-order valence-corrected chi connectivity index (χ3v) is 8.05. The van der Waals surface area contributed by atoms with Gasteiger partial charge in [0.1, 0.15) is 0 Å². The van der Waals surface area contributed by atoms with Crippen LogP contribution >= 0.6 is 23.2 Å². The number of hydrogen-bond acceptors (Lipinski definition) is 2. The molecule has 0 fully saturated rings. The first-order valence-electron chi connectivity index (χ1n) is 11.8. The molecule has 2 aliphatic rings. The Bertz CT molecular complexity index is 1310. The molecule has 0 saturated carbocycles. The number of amides is 1. The molecular formula is C29H28Cl2N2O. The lowest BCUT2D eigenvalue weighted by molar-refractivity contribution is -0.125. The van der Waals surface area contributed by atoms with Gasteiger partial charge in [0.15, 0.2) is 0 Å². The predicted molar refractivity (Wildman–Crippen MR) is 142 cm³/mol. The van der Waals surface area contributed by atoms with Gasteiger partial charge < -0.3 is 10.6 Å². The topological polar surface area (TPSA) is 41.1 Å². The van der Waals surface area contributed by atoms with Crippen molar-refractivity contribution >= 4 is 45.6 Å². The average molecular weight is 491 g/mol. The number of carbonyl (C=O) groups excluding carboxylic acids is 1. The van der Waals surface area contributed by atoms with Gasteiger partial charge in [0.2, 0.25) is 5.91 Å². The third-order valence-electron chi connectivity index (χ3n) is 7.54. The van der Waals surface area contributed by atoms with Gasteiger partial charge in [-0.25, -0.2) is 0 Å². The fraction of sp³-hybridized carbons (Fsp3) is 0.276. The monoisotopic (exact) mass is 490 g/mol. The zero-order valence-electron chi connectivity index (χ0n) is 19.3. The van der Waals surface area contributed by atoms with Gasteiger partial charge in [0.25, 0.3) is 0 Å². The van der Waals surface area contributed by atoms with Crippen LogP contribution in [0.25, 0.3) is 10.8 Å². The highest BCUT2D eigenvalue weighted by atomic mass is 35.5.